The molecule has 0 atom stereocenters. The van der Waals surface area contributed by atoms with Gasteiger partial charge >= 0.3 is 0 Å². The van der Waals surface area contributed by atoms with Crippen LogP contribution in [0.15, 0.2) is 215 Å². The molecule has 3 aromatic heterocycles. The zero-order chi connectivity index (χ0) is 41.6. The standard InChI is InChI=1S/C54H34Br2N6/c55-49-31-29-43-51-52(44-30-32-50(56)60-54(44)53(43)59-49)58-48-34-46(36-23-27-42(28-24-36)62(39-17-9-3-10-18-39)40-19-11-4-12-20-40)45(33-47(48)57-51)35-21-25-41(26-22-35)61(37-13-5-1-6-14-37)38-15-7-2-8-16-38/h1-34H. The summed E-state index contributed by atoms with van der Waals surface area (Å²) in [5.41, 5.74) is 15.4. The van der Waals surface area contributed by atoms with E-state index >= 15 is 0 Å². The van der Waals surface area contributed by atoms with Crippen LogP contribution in [0.2, 0.25) is 0 Å². The summed E-state index contributed by atoms with van der Waals surface area (Å²) in [6, 6.07) is 71.9. The highest BCUT2D eigenvalue weighted by Gasteiger charge is 2.20. The van der Waals surface area contributed by atoms with Crippen molar-refractivity contribution in [1.29, 1.82) is 0 Å². The lowest BCUT2D eigenvalue weighted by molar-refractivity contribution is 1.28. The monoisotopic (exact) mass is 924 g/mol. The van der Waals surface area contributed by atoms with Crippen molar-refractivity contribution in [3.8, 4) is 22.3 Å². The molecular formula is C54H34Br2N6. The van der Waals surface area contributed by atoms with Gasteiger partial charge in [0.1, 0.15) is 20.2 Å². The van der Waals surface area contributed by atoms with Crippen molar-refractivity contribution >= 4 is 110 Å². The number of nitrogens with zero attached hydrogens (tertiary/aromatic N) is 6. The Morgan fingerprint density at radius 2 is 0.581 bits per heavy atom. The van der Waals surface area contributed by atoms with Crippen molar-refractivity contribution in [1.82, 2.24) is 19.9 Å². The van der Waals surface area contributed by atoms with Gasteiger partial charge in [-0.05, 0) is 163 Å². The predicted molar refractivity (Wildman–Crippen MR) is 263 cm³/mol. The summed E-state index contributed by atoms with van der Waals surface area (Å²) >= 11 is 7.18. The molecule has 0 spiro atoms. The molecule has 6 nitrogen and oxygen atoms in total. The summed E-state index contributed by atoms with van der Waals surface area (Å²) in [6.07, 6.45) is 0. The summed E-state index contributed by atoms with van der Waals surface area (Å²) in [5.74, 6) is 0. The average molecular weight is 927 g/mol. The van der Waals surface area contributed by atoms with E-state index in [0.29, 0.717) is 0 Å². The van der Waals surface area contributed by atoms with Crippen molar-refractivity contribution in [3.05, 3.63) is 215 Å². The molecule has 0 amide bonds. The Bertz CT molecular complexity index is 3100. The van der Waals surface area contributed by atoms with Crippen LogP contribution in [0.4, 0.5) is 34.1 Å². The molecule has 0 fully saturated rings. The summed E-state index contributed by atoms with van der Waals surface area (Å²) in [7, 11) is 0. The fraction of sp³-hybridized carbons (Fsp3) is 0. The van der Waals surface area contributed by atoms with Crippen LogP contribution in [0.1, 0.15) is 0 Å². The molecule has 0 saturated carbocycles. The maximum atomic E-state index is 5.39. The molecule has 8 aromatic carbocycles. The Morgan fingerprint density at radius 3 is 0.903 bits per heavy atom. The first-order valence-corrected chi connectivity index (χ1v) is 21.9. The van der Waals surface area contributed by atoms with Gasteiger partial charge in [0.25, 0.3) is 0 Å². The van der Waals surface area contributed by atoms with Gasteiger partial charge in [-0.1, -0.05) is 97.1 Å². The number of halogens is 2. The first kappa shape index (κ1) is 37.7. The maximum Gasteiger partial charge on any atom is 0.106 e. The zero-order valence-electron chi connectivity index (χ0n) is 33.1. The van der Waals surface area contributed by atoms with Crippen LogP contribution in [-0.4, -0.2) is 19.9 Å². The lowest BCUT2D eigenvalue weighted by atomic mass is 9.93. The lowest BCUT2D eigenvalue weighted by Crippen LogP contribution is -2.09. The Balaban J connectivity index is 1.11. The van der Waals surface area contributed by atoms with E-state index in [-0.39, 0.29) is 0 Å². The van der Waals surface area contributed by atoms with Gasteiger partial charge in [-0.3, -0.25) is 0 Å². The van der Waals surface area contributed by atoms with Gasteiger partial charge in [0.05, 0.1) is 22.1 Å². The Kier molecular flexibility index (Phi) is 9.72. The van der Waals surface area contributed by atoms with Gasteiger partial charge in [-0.2, -0.15) is 0 Å². The number of aromatic nitrogens is 4. The predicted octanol–water partition coefficient (Wildman–Crippen LogP) is 15.7. The fourth-order valence-corrected chi connectivity index (χ4v) is 8.97. The second-order valence-corrected chi connectivity index (χ2v) is 16.6. The number of fused-ring (bicyclic) bond motifs is 7. The highest BCUT2D eigenvalue weighted by molar-refractivity contribution is 9.10. The van der Waals surface area contributed by atoms with E-state index in [0.717, 1.165) is 109 Å². The minimum absolute atomic E-state index is 0.733. The average Bonchev–Trinajstić information content (AvgIpc) is 3.33. The highest BCUT2D eigenvalue weighted by Crippen LogP contribution is 2.42. The molecule has 11 aromatic rings. The summed E-state index contributed by atoms with van der Waals surface area (Å²) < 4.78 is 1.47. The third-order valence-electron chi connectivity index (χ3n) is 11.2. The summed E-state index contributed by atoms with van der Waals surface area (Å²) in [5, 5.41) is 1.79. The van der Waals surface area contributed by atoms with E-state index in [2.05, 4.69) is 199 Å². The van der Waals surface area contributed by atoms with Crippen LogP contribution in [-0.2, 0) is 0 Å². The van der Waals surface area contributed by atoms with Crippen molar-refractivity contribution in [2.45, 2.75) is 0 Å². The molecule has 0 saturated heterocycles. The smallest absolute Gasteiger partial charge is 0.106 e. The highest BCUT2D eigenvalue weighted by atomic mass is 79.9. The number of anilines is 6. The number of rotatable bonds is 8. The SMILES string of the molecule is Brc1ccc2c(n1)c1nc(Br)ccc1c1nc3cc(-c4ccc(N(c5ccccc5)c5ccccc5)cc4)c(-c4ccc(N(c5ccccc5)c5ccccc5)cc4)cc3nc21. The fourth-order valence-electron chi connectivity index (χ4n) is 8.35. The Hall–Kier alpha value is -7.26. The van der Waals surface area contributed by atoms with Gasteiger partial charge in [0.2, 0.25) is 0 Å². The van der Waals surface area contributed by atoms with E-state index < -0.39 is 0 Å². The number of hydrogen-bond acceptors (Lipinski definition) is 6. The number of hydrogen-bond donors (Lipinski definition) is 0. The van der Waals surface area contributed by atoms with Crippen LogP contribution >= 0.6 is 31.9 Å². The zero-order valence-corrected chi connectivity index (χ0v) is 36.2. The molecule has 11 rings (SSSR count). The van der Waals surface area contributed by atoms with E-state index in [4.69, 9.17) is 19.9 Å². The van der Waals surface area contributed by atoms with Crippen LogP contribution in [0.3, 0.4) is 0 Å². The second kappa shape index (κ2) is 16.0. The van der Waals surface area contributed by atoms with Crippen molar-refractivity contribution < 1.29 is 0 Å². The summed E-state index contributed by atoms with van der Waals surface area (Å²) in [6.45, 7) is 0. The first-order valence-electron chi connectivity index (χ1n) is 20.3. The second-order valence-electron chi connectivity index (χ2n) is 15.0. The third kappa shape index (κ3) is 6.93. The number of benzene rings is 8. The normalized spacial score (nSPS) is 11.4. The third-order valence-corrected chi connectivity index (χ3v) is 12.1. The quantitative estimate of drug-likeness (QED) is 0.0860. The van der Waals surface area contributed by atoms with Gasteiger partial charge in [0, 0.05) is 44.9 Å². The molecule has 3 heterocycles. The topological polar surface area (TPSA) is 58.0 Å². The molecule has 0 N–H and O–H groups in total. The molecule has 294 valence electrons. The molecule has 0 aliphatic heterocycles. The largest absolute Gasteiger partial charge is 0.311 e. The van der Waals surface area contributed by atoms with Crippen LogP contribution in [0, 0.1) is 0 Å². The minimum atomic E-state index is 0.733. The first-order chi connectivity index (χ1) is 30.6. The molecule has 0 aliphatic rings. The van der Waals surface area contributed by atoms with E-state index in [1.807, 2.05) is 48.5 Å². The van der Waals surface area contributed by atoms with E-state index in [1.54, 1.807) is 0 Å². The van der Waals surface area contributed by atoms with Crippen molar-refractivity contribution in [2.75, 3.05) is 9.80 Å². The van der Waals surface area contributed by atoms with Gasteiger partial charge in [0.15, 0.2) is 0 Å². The van der Waals surface area contributed by atoms with Gasteiger partial charge < -0.3 is 9.80 Å². The molecular weight excluding hydrogens is 892 g/mol. The van der Waals surface area contributed by atoms with Crippen LogP contribution in [0.5, 0.6) is 0 Å². The Morgan fingerprint density at radius 1 is 0.290 bits per heavy atom. The molecule has 8 heteroatoms. The molecule has 0 bridgehead atoms. The molecule has 0 radical (unpaired) electrons. The summed E-state index contributed by atoms with van der Waals surface area (Å²) in [4.78, 5) is 25.1. The molecule has 62 heavy (non-hydrogen) atoms. The number of para-hydroxylation sites is 4. The van der Waals surface area contributed by atoms with Gasteiger partial charge in [-0.25, -0.2) is 19.9 Å². The van der Waals surface area contributed by atoms with E-state index in [1.165, 1.54) is 0 Å². The maximum absolute atomic E-state index is 5.39. The van der Waals surface area contributed by atoms with E-state index in [9.17, 15) is 0 Å². The molecule has 0 unspecified atom stereocenters. The van der Waals surface area contributed by atoms with Crippen LogP contribution < -0.4 is 9.80 Å². The lowest BCUT2D eigenvalue weighted by Gasteiger charge is -2.26. The van der Waals surface area contributed by atoms with Crippen LogP contribution in [0.25, 0.3) is 66.1 Å². The molecule has 0 aliphatic carbocycles. The number of pyridine rings is 2. The van der Waals surface area contributed by atoms with Crippen molar-refractivity contribution in [3.63, 3.8) is 0 Å². The Labute approximate surface area is 375 Å². The minimum Gasteiger partial charge on any atom is -0.311 e. The van der Waals surface area contributed by atoms with Gasteiger partial charge in [-0.15, -0.1) is 0 Å². The van der Waals surface area contributed by atoms with Crippen molar-refractivity contribution in [2.24, 2.45) is 0 Å².